The second-order valence-electron chi connectivity index (χ2n) is 4.83. The summed E-state index contributed by atoms with van der Waals surface area (Å²) in [5.74, 6) is 1.54. The predicted molar refractivity (Wildman–Crippen MR) is 75.4 cm³/mol. The summed E-state index contributed by atoms with van der Waals surface area (Å²) in [6.45, 7) is 3.92. The fraction of sp³-hybridized carbons (Fsp3) is 0.643. The monoisotopic (exact) mass is 268 g/mol. The number of hydrogen-bond donors (Lipinski definition) is 0. The van der Waals surface area contributed by atoms with Crippen LogP contribution in [0.2, 0.25) is 0 Å². The van der Waals surface area contributed by atoms with E-state index in [4.69, 9.17) is 16.3 Å². The van der Waals surface area contributed by atoms with Crippen molar-refractivity contribution in [2.24, 2.45) is 0 Å². The van der Waals surface area contributed by atoms with Crippen LogP contribution in [0.1, 0.15) is 31.0 Å². The molecule has 18 heavy (non-hydrogen) atoms. The lowest BCUT2D eigenvalue weighted by Crippen LogP contribution is -2.29. The Morgan fingerprint density at radius 3 is 2.94 bits per heavy atom. The zero-order valence-electron chi connectivity index (χ0n) is 11.2. The number of halogens is 1. The fourth-order valence-corrected chi connectivity index (χ4v) is 2.43. The third-order valence-corrected chi connectivity index (χ3v) is 3.64. The minimum Gasteiger partial charge on any atom is -0.376 e. The molecule has 0 bridgehead atoms. The van der Waals surface area contributed by atoms with E-state index in [1.54, 1.807) is 0 Å². The summed E-state index contributed by atoms with van der Waals surface area (Å²) in [5, 5.41) is 0. The molecule has 1 saturated heterocycles. The molecule has 100 valence electrons. The van der Waals surface area contributed by atoms with Gasteiger partial charge in [-0.3, -0.25) is 0 Å². The van der Waals surface area contributed by atoms with Crippen molar-refractivity contribution in [1.82, 2.24) is 4.98 Å². The van der Waals surface area contributed by atoms with E-state index in [0.29, 0.717) is 12.0 Å². The molecule has 0 aliphatic carbocycles. The number of anilines is 1. The maximum Gasteiger partial charge on any atom is 0.128 e. The van der Waals surface area contributed by atoms with Gasteiger partial charge in [-0.25, -0.2) is 4.98 Å². The van der Waals surface area contributed by atoms with E-state index in [2.05, 4.69) is 36.0 Å². The van der Waals surface area contributed by atoms with Crippen LogP contribution < -0.4 is 4.90 Å². The SMILES string of the molecule is CCc1cc(CCl)cc(N(C)CC2CCCO2)n1. The molecule has 1 aromatic rings. The van der Waals surface area contributed by atoms with Crippen LogP contribution in [-0.2, 0) is 17.0 Å². The Kier molecular flexibility index (Phi) is 4.84. The molecular formula is C14H21ClN2O. The molecule has 0 radical (unpaired) electrons. The van der Waals surface area contributed by atoms with Crippen LogP contribution in [0.15, 0.2) is 12.1 Å². The van der Waals surface area contributed by atoms with E-state index in [1.165, 1.54) is 6.42 Å². The Balaban J connectivity index is 2.09. The van der Waals surface area contributed by atoms with Gasteiger partial charge in [0.05, 0.1) is 6.10 Å². The largest absolute Gasteiger partial charge is 0.376 e. The van der Waals surface area contributed by atoms with Gasteiger partial charge in [0.1, 0.15) is 5.82 Å². The summed E-state index contributed by atoms with van der Waals surface area (Å²) in [6.07, 6.45) is 3.61. The second kappa shape index (κ2) is 6.39. The Morgan fingerprint density at radius 2 is 2.33 bits per heavy atom. The lowest BCUT2D eigenvalue weighted by atomic mass is 10.2. The lowest BCUT2D eigenvalue weighted by molar-refractivity contribution is 0.116. The minimum absolute atomic E-state index is 0.349. The first kappa shape index (κ1) is 13.6. The molecule has 0 amide bonds. The number of aryl methyl sites for hydroxylation is 1. The first-order chi connectivity index (χ1) is 8.72. The molecule has 0 spiro atoms. The smallest absolute Gasteiger partial charge is 0.128 e. The molecular weight excluding hydrogens is 248 g/mol. The number of hydrogen-bond acceptors (Lipinski definition) is 3. The summed E-state index contributed by atoms with van der Waals surface area (Å²) in [5.41, 5.74) is 2.24. The number of ether oxygens (including phenoxy) is 1. The quantitative estimate of drug-likeness (QED) is 0.768. The molecule has 1 atom stereocenters. The highest BCUT2D eigenvalue weighted by Gasteiger charge is 2.18. The average molecular weight is 269 g/mol. The molecule has 4 heteroatoms. The van der Waals surface area contributed by atoms with Gasteiger partial charge in [-0.1, -0.05) is 6.92 Å². The number of nitrogens with zero attached hydrogens (tertiary/aromatic N) is 2. The number of aromatic nitrogens is 1. The van der Waals surface area contributed by atoms with E-state index in [9.17, 15) is 0 Å². The van der Waals surface area contributed by atoms with Gasteiger partial charge in [-0.2, -0.15) is 0 Å². The number of pyridine rings is 1. The van der Waals surface area contributed by atoms with Crippen molar-refractivity contribution in [1.29, 1.82) is 0 Å². The molecule has 0 N–H and O–H groups in total. The molecule has 1 aliphatic heterocycles. The standard InChI is InChI=1S/C14H21ClN2O/c1-3-12-7-11(9-15)8-14(16-12)17(2)10-13-5-4-6-18-13/h7-8,13H,3-6,9-10H2,1-2H3. The number of likely N-dealkylation sites (N-methyl/N-ethyl adjacent to an activating group) is 1. The molecule has 1 fully saturated rings. The van der Waals surface area contributed by atoms with Crippen molar-refractivity contribution in [2.45, 2.75) is 38.2 Å². The third-order valence-electron chi connectivity index (χ3n) is 3.33. The molecule has 2 rings (SSSR count). The Hall–Kier alpha value is -0.800. The molecule has 0 saturated carbocycles. The van der Waals surface area contributed by atoms with E-state index < -0.39 is 0 Å². The van der Waals surface area contributed by atoms with Crippen LogP contribution in [-0.4, -0.2) is 31.3 Å². The molecule has 0 aromatic carbocycles. The topological polar surface area (TPSA) is 25.4 Å². The highest BCUT2D eigenvalue weighted by atomic mass is 35.5. The fourth-order valence-electron chi connectivity index (χ4n) is 2.27. The van der Waals surface area contributed by atoms with Crippen molar-refractivity contribution in [2.75, 3.05) is 25.1 Å². The Morgan fingerprint density at radius 1 is 1.50 bits per heavy atom. The van der Waals surface area contributed by atoms with Gasteiger partial charge in [-0.05, 0) is 37.0 Å². The van der Waals surface area contributed by atoms with E-state index in [0.717, 1.165) is 43.1 Å². The summed E-state index contributed by atoms with van der Waals surface area (Å²) >= 11 is 5.93. The van der Waals surface area contributed by atoms with Crippen molar-refractivity contribution in [3.8, 4) is 0 Å². The van der Waals surface area contributed by atoms with Gasteiger partial charge in [0.25, 0.3) is 0 Å². The van der Waals surface area contributed by atoms with E-state index in [-0.39, 0.29) is 0 Å². The first-order valence-electron chi connectivity index (χ1n) is 6.61. The van der Waals surface area contributed by atoms with Gasteiger partial charge in [0, 0.05) is 31.8 Å². The maximum atomic E-state index is 5.93. The van der Waals surface area contributed by atoms with Gasteiger partial charge in [0.15, 0.2) is 0 Å². The molecule has 1 aromatic heterocycles. The summed E-state index contributed by atoms with van der Waals surface area (Å²) in [7, 11) is 2.07. The van der Waals surface area contributed by atoms with E-state index in [1.807, 2.05) is 0 Å². The number of alkyl halides is 1. The van der Waals surface area contributed by atoms with Crippen molar-refractivity contribution in [3.63, 3.8) is 0 Å². The lowest BCUT2D eigenvalue weighted by Gasteiger charge is -2.22. The average Bonchev–Trinajstić information content (AvgIpc) is 2.90. The molecule has 3 nitrogen and oxygen atoms in total. The predicted octanol–water partition coefficient (Wildman–Crippen LogP) is 3.00. The number of rotatable bonds is 5. The minimum atomic E-state index is 0.349. The van der Waals surface area contributed by atoms with Crippen LogP contribution >= 0.6 is 11.6 Å². The first-order valence-corrected chi connectivity index (χ1v) is 7.15. The highest BCUT2D eigenvalue weighted by Crippen LogP contribution is 2.19. The second-order valence-corrected chi connectivity index (χ2v) is 5.09. The normalized spacial score (nSPS) is 19.2. The van der Waals surface area contributed by atoms with Crippen LogP contribution in [0.25, 0.3) is 0 Å². The summed E-state index contributed by atoms with van der Waals surface area (Å²) in [6, 6.07) is 4.15. The Bertz CT molecular complexity index is 369. The van der Waals surface area contributed by atoms with Crippen molar-refractivity contribution >= 4 is 17.4 Å². The van der Waals surface area contributed by atoms with Crippen LogP contribution in [0.4, 0.5) is 5.82 Å². The van der Waals surface area contributed by atoms with E-state index >= 15 is 0 Å². The van der Waals surface area contributed by atoms with Gasteiger partial charge < -0.3 is 9.64 Å². The zero-order chi connectivity index (χ0) is 13.0. The van der Waals surface area contributed by atoms with Crippen LogP contribution in [0, 0.1) is 0 Å². The van der Waals surface area contributed by atoms with Crippen molar-refractivity contribution < 1.29 is 4.74 Å². The molecule has 1 aliphatic rings. The van der Waals surface area contributed by atoms with Crippen LogP contribution in [0.3, 0.4) is 0 Å². The molecule has 2 heterocycles. The maximum absolute atomic E-state index is 5.93. The van der Waals surface area contributed by atoms with Crippen LogP contribution in [0.5, 0.6) is 0 Å². The third kappa shape index (κ3) is 3.36. The highest BCUT2D eigenvalue weighted by molar-refractivity contribution is 6.17. The van der Waals surface area contributed by atoms with Crippen molar-refractivity contribution in [3.05, 3.63) is 23.4 Å². The molecule has 1 unspecified atom stereocenters. The zero-order valence-corrected chi connectivity index (χ0v) is 11.9. The van der Waals surface area contributed by atoms with Gasteiger partial charge >= 0.3 is 0 Å². The summed E-state index contributed by atoms with van der Waals surface area (Å²) < 4.78 is 5.66. The van der Waals surface area contributed by atoms with Gasteiger partial charge in [-0.15, -0.1) is 11.6 Å². The Labute approximate surface area is 114 Å². The van der Waals surface area contributed by atoms with Gasteiger partial charge in [0.2, 0.25) is 0 Å². The summed E-state index contributed by atoms with van der Waals surface area (Å²) in [4.78, 5) is 6.83.